The summed E-state index contributed by atoms with van der Waals surface area (Å²) in [7, 11) is 0. The molecule has 3 heteroatoms. The maximum absolute atomic E-state index is 12.1. The highest BCUT2D eigenvalue weighted by Gasteiger charge is 2.07. The van der Waals surface area contributed by atoms with Crippen LogP contribution in [0.4, 0.5) is 0 Å². The highest BCUT2D eigenvalue weighted by atomic mass is 32.1. The number of hydrogen-bond donors (Lipinski definition) is 0. The predicted molar refractivity (Wildman–Crippen MR) is 83.8 cm³/mol. The average Bonchev–Trinajstić information content (AvgIpc) is 2.99. The first-order chi connectivity index (χ1) is 9.79. The summed E-state index contributed by atoms with van der Waals surface area (Å²) in [6, 6.07) is 11.6. The normalized spacial score (nSPS) is 10.4. The number of ketones is 1. The molecule has 0 saturated carbocycles. The van der Waals surface area contributed by atoms with E-state index < -0.39 is 0 Å². The second-order valence-corrected chi connectivity index (χ2v) is 5.76. The minimum Gasteiger partial charge on any atom is -0.494 e. The molecule has 20 heavy (non-hydrogen) atoms. The standard InChI is InChI=1S/C17H20O2S/c1-2-3-12-19-15-8-6-14(7-9-15)17(18)11-10-16-5-4-13-20-16/h4-9,13H,2-3,10-12H2,1H3. The first-order valence-corrected chi connectivity index (χ1v) is 7.96. The van der Waals surface area contributed by atoms with Crippen LogP contribution in [0.15, 0.2) is 41.8 Å². The fourth-order valence-electron chi connectivity index (χ4n) is 1.91. The van der Waals surface area contributed by atoms with Gasteiger partial charge in [-0.2, -0.15) is 0 Å². The lowest BCUT2D eigenvalue weighted by Crippen LogP contribution is -2.01. The fraction of sp³-hybridized carbons (Fsp3) is 0.353. The third-order valence-electron chi connectivity index (χ3n) is 3.12. The molecule has 2 aromatic rings. The molecule has 1 heterocycles. The van der Waals surface area contributed by atoms with Crippen LogP contribution in [0.25, 0.3) is 0 Å². The van der Waals surface area contributed by atoms with Crippen LogP contribution < -0.4 is 4.74 Å². The molecule has 0 unspecified atom stereocenters. The molecule has 0 fully saturated rings. The summed E-state index contributed by atoms with van der Waals surface area (Å²) < 4.78 is 5.59. The maximum atomic E-state index is 12.1. The van der Waals surface area contributed by atoms with Crippen LogP contribution >= 0.6 is 11.3 Å². The third kappa shape index (κ3) is 4.49. The van der Waals surface area contributed by atoms with Crippen molar-refractivity contribution < 1.29 is 9.53 Å². The summed E-state index contributed by atoms with van der Waals surface area (Å²) in [6.07, 6.45) is 3.57. The van der Waals surface area contributed by atoms with Gasteiger partial charge in [-0.3, -0.25) is 4.79 Å². The summed E-state index contributed by atoms with van der Waals surface area (Å²) >= 11 is 1.70. The molecule has 0 aliphatic carbocycles. The molecule has 1 aromatic carbocycles. The lowest BCUT2D eigenvalue weighted by atomic mass is 10.1. The van der Waals surface area contributed by atoms with Gasteiger partial charge in [0.1, 0.15) is 5.75 Å². The number of thiophene rings is 1. The van der Waals surface area contributed by atoms with Crippen molar-refractivity contribution in [3.05, 3.63) is 52.2 Å². The van der Waals surface area contributed by atoms with Crippen LogP contribution in [0, 0.1) is 0 Å². The van der Waals surface area contributed by atoms with E-state index in [1.807, 2.05) is 35.7 Å². The van der Waals surface area contributed by atoms with E-state index in [4.69, 9.17) is 4.74 Å². The van der Waals surface area contributed by atoms with E-state index in [1.54, 1.807) is 11.3 Å². The second-order valence-electron chi connectivity index (χ2n) is 4.73. The quantitative estimate of drug-likeness (QED) is 0.518. The Morgan fingerprint density at radius 2 is 2.00 bits per heavy atom. The molecule has 0 saturated heterocycles. The number of aryl methyl sites for hydroxylation is 1. The molecule has 1 aromatic heterocycles. The topological polar surface area (TPSA) is 26.3 Å². The minimum absolute atomic E-state index is 0.193. The second kappa shape index (κ2) is 7.85. The summed E-state index contributed by atoms with van der Waals surface area (Å²) in [5, 5.41) is 2.04. The van der Waals surface area contributed by atoms with Gasteiger partial charge >= 0.3 is 0 Å². The monoisotopic (exact) mass is 288 g/mol. The molecule has 2 nitrogen and oxygen atoms in total. The Balaban J connectivity index is 1.84. The predicted octanol–water partition coefficient (Wildman–Crippen LogP) is 4.74. The largest absolute Gasteiger partial charge is 0.494 e. The van der Waals surface area contributed by atoms with E-state index in [-0.39, 0.29) is 5.78 Å². The van der Waals surface area contributed by atoms with Gasteiger partial charge in [0.25, 0.3) is 0 Å². The van der Waals surface area contributed by atoms with Crippen LogP contribution in [0.2, 0.25) is 0 Å². The molecular formula is C17H20O2S. The highest BCUT2D eigenvalue weighted by molar-refractivity contribution is 7.09. The van der Waals surface area contributed by atoms with Crippen molar-refractivity contribution in [2.45, 2.75) is 32.6 Å². The average molecular weight is 288 g/mol. The van der Waals surface area contributed by atoms with Gasteiger partial charge in [0.2, 0.25) is 0 Å². The van der Waals surface area contributed by atoms with Crippen LogP contribution in [0.1, 0.15) is 41.4 Å². The summed E-state index contributed by atoms with van der Waals surface area (Å²) in [6.45, 7) is 2.88. The number of benzene rings is 1. The number of ether oxygens (including phenoxy) is 1. The Morgan fingerprint density at radius 3 is 2.65 bits per heavy atom. The molecule has 0 amide bonds. The third-order valence-corrected chi connectivity index (χ3v) is 4.06. The zero-order chi connectivity index (χ0) is 14.2. The molecule has 0 bridgehead atoms. The molecule has 0 atom stereocenters. The number of hydrogen-bond acceptors (Lipinski definition) is 3. The van der Waals surface area contributed by atoms with E-state index in [0.717, 1.165) is 37.2 Å². The van der Waals surface area contributed by atoms with Crippen LogP contribution in [-0.2, 0) is 6.42 Å². The van der Waals surface area contributed by atoms with Crippen molar-refractivity contribution in [1.82, 2.24) is 0 Å². The SMILES string of the molecule is CCCCOc1ccc(C(=O)CCc2cccs2)cc1. The Morgan fingerprint density at radius 1 is 1.20 bits per heavy atom. The zero-order valence-electron chi connectivity index (χ0n) is 11.8. The Hall–Kier alpha value is -1.61. The van der Waals surface area contributed by atoms with Gasteiger partial charge in [-0.05, 0) is 48.6 Å². The number of rotatable bonds is 8. The molecule has 0 N–H and O–H groups in total. The minimum atomic E-state index is 0.193. The summed E-state index contributed by atoms with van der Waals surface area (Å²) in [5.41, 5.74) is 0.768. The fourth-order valence-corrected chi connectivity index (χ4v) is 2.62. The van der Waals surface area contributed by atoms with Gasteiger partial charge in [0.15, 0.2) is 5.78 Å². The zero-order valence-corrected chi connectivity index (χ0v) is 12.6. The smallest absolute Gasteiger partial charge is 0.163 e. The van der Waals surface area contributed by atoms with Gasteiger partial charge in [0.05, 0.1) is 6.61 Å². The van der Waals surface area contributed by atoms with Crippen molar-refractivity contribution in [2.75, 3.05) is 6.61 Å². The number of unbranched alkanes of at least 4 members (excludes halogenated alkanes) is 1. The Kier molecular flexibility index (Phi) is 5.81. The number of Topliss-reactive ketones (excluding diaryl/α,β-unsaturated/α-hetero) is 1. The van der Waals surface area contributed by atoms with E-state index >= 15 is 0 Å². The van der Waals surface area contributed by atoms with Crippen molar-refractivity contribution in [2.24, 2.45) is 0 Å². The molecule has 106 valence electrons. The van der Waals surface area contributed by atoms with Crippen molar-refractivity contribution in [3.63, 3.8) is 0 Å². The van der Waals surface area contributed by atoms with Gasteiger partial charge in [-0.15, -0.1) is 11.3 Å². The van der Waals surface area contributed by atoms with Gasteiger partial charge < -0.3 is 4.74 Å². The summed E-state index contributed by atoms with van der Waals surface area (Å²) in [5.74, 6) is 1.03. The Labute approximate surface area is 124 Å². The van der Waals surface area contributed by atoms with Crippen molar-refractivity contribution in [3.8, 4) is 5.75 Å². The summed E-state index contributed by atoms with van der Waals surface area (Å²) in [4.78, 5) is 13.3. The van der Waals surface area contributed by atoms with Crippen LogP contribution in [0.3, 0.4) is 0 Å². The molecule has 0 spiro atoms. The van der Waals surface area contributed by atoms with Crippen LogP contribution in [-0.4, -0.2) is 12.4 Å². The van der Waals surface area contributed by atoms with Crippen molar-refractivity contribution >= 4 is 17.1 Å². The van der Waals surface area contributed by atoms with Gasteiger partial charge in [-0.1, -0.05) is 19.4 Å². The van der Waals surface area contributed by atoms with Crippen molar-refractivity contribution in [1.29, 1.82) is 0 Å². The van der Waals surface area contributed by atoms with E-state index in [1.165, 1.54) is 4.88 Å². The van der Waals surface area contributed by atoms with E-state index in [2.05, 4.69) is 13.0 Å². The molecule has 0 aliphatic heterocycles. The lowest BCUT2D eigenvalue weighted by Gasteiger charge is -2.06. The molecule has 0 aliphatic rings. The Bertz CT molecular complexity index is 514. The molecular weight excluding hydrogens is 268 g/mol. The number of carbonyl (C=O) groups excluding carboxylic acids is 1. The number of carbonyl (C=O) groups is 1. The molecule has 0 radical (unpaired) electrons. The van der Waals surface area contributed by atoms with E-state index in [9.17, 15) is 4.79 Å². The lowest BCUT2D eigenvalue weighted by molar-refractivity contribution is 0.0983. The van der Waals surface area contributed by atoms with Gasteiger partial charge in [-0.25, -0.2) is 0 Å². The first-order valence-electron chi connectivity index (χ1n) is 7.08. The van der Waals surface area contributed by atoms with E-state index in [0.29, 0.717) is 6.42 Å². The highest BCUT2D eigenvalue weighted by Crippen LogP contribution is 2.16. The first kappa shape index (κ1) is 14.8. The van der Waals surface area contributed by atoms with Crippen LogP contribution in [0.5, 0.6) is 5.75 Å². The molecule has 2 rings (SSSR count). The van der Waals surface area contributed by atoms with Gasteiger partial charge in [0, 0.05) is 16.9 Å². The maximum Gasteiger partial charge on any atom is 0.163 e.